The maximum absolute atomic E-state index is 5.95. The number of rotatable bonds is 3. The number of nitrogens with two attached hydrogens (primary N) is 1. The first-order chi connectivity index (χ1) is 8.34. The number of nitrogens with zero attached hydrogens (tertiary/aromatic N) is 1. The molecule has 0 aromatic rings. The molecule has 1 unspecified atom stereocenters. The van der Waals surface area contributed by atoms with Gasteiger partial charge in [-0.25, -0.2) is 0 Å². The lowest BCUT2D eigenvalue weighted by atomic mass is 9.96. The molecule has 3 nitrogen and oxygen atoms in total. The van der Waals surface area contributed by atoms with Gasteiger partial charge in [-0.05, 0) is 43.1 Å². The van der Waals surface area contributed by atoms with Gasteiger partial charge in [0, 0.05) is 12.6 Å². The van der Waals surface area contributed by atoms with E-state index in [9.17, 15) is 0 Å². The van der Waals surface area contributed by atoms with Gasteiger partial charge in [0.05, 0.1) is 0 Å². The first-order valence-electron chi connectivity index (χ1n) is 6.99. The largest absolute Gasteiger partial charge is 0.370 e. The molecule has 0 aromatic heterocycles. The summed E-state index contributed by atoms with van der Waals surface area (Å²) in [5, 5.41) is 3.38. The van der Waals surface area contributed by atoms with Crippen LogP contribution in [0.1, 0.15) is 44.9 Å². The van der Waals surface area contributed by atoms with Crippen LogP contribution in [0.4, 0.5) is 0 Å². The Morgan fingerprint density at radius 2 is 2.00 bits per heavy atom. The van der Waals surface area contributed by atoms with E-state index in [1.807, 2.05) is 0 Å². The summed E-state index contributed by atoms with van der Waals surface area (Å²) in [5.74, 6) is 4.02. The van der Waals surface area contributed by atoms with E-state index >= 15 is 0 Å². The summed E-state index contributed by atoms with van der Waals surface area (Å²) in [5.41, 5.74) is 5.95. The number of thioether (sulfide) groups is 1. The van der Waals surface area contributed by atoms with Crippen LogP contribution in [0.25, 0.3) is 0 Å². The second-order valence-corrected chi connectivity index (χ2v) is 6.44. The smallest absolute Gasteiger partial charge is 0.188 e. The molecule has 4 heteroatoms. The zero-order valence-electron chi connectivity index (χ0n) is 10.7. The average molecular weight is 255 g/mol. The minimum Gasteiger partial charge on any atom is -0.370 e. The molecule has 1 aliphatic carbocycles. The Morgan fingerprint density at radius 3 is 2.71 bits per heavy atom. The molecule has 1 saturated heterocycles. The Balaban J connectivity index is 1.68. The molecule has 0 bridgehead atoms. The Labute approximate surface area is 109 Å². The Bertz CT molecular complexity index is 243. The van der Waals surface area contributed by atoms with Crippen LogP contribution >= 0.6 is 11.8 Å². The third kappa shape index (κ3) is 4.78. The van der Waals surface area contributed by atoms with Crippen LogP contribution < -0.4 is 11.1 Å². The highest BCUT2D eigenvalue weighted by Gasteiger charge is 2.15. The van der Waals surface area contributed by atoms with E-state index in [-0.39, 0.29) is 0 Å². The van der Waals surface area contributed by atoms with Crippen LogP contribution in [-0.4, -0.2) is 30.1 Å². The first-order valence-corrected chi connectivity index (χ1v) is 8.14. The Morgan fingerprint density at radius 1 is 1.18 bits per heavy atom. The third-order valence-electron chi connectivity index (χ3n) is 3.73. The molecular weight excluding hydrogens is 230 g/mol. The fourth-order valence-electron chi connectivity index (χ4n) is 2.68. The van der Waals surface area contributed by atoms with Crippen molar-refractivity contribution in [3.63, 3.8) is 0 Å². The van der Waals surface area contributed by atoms with Crippen LogP contribution in [0.15, 0.2) is 4.99 Å². The molecule has 2 aliphatic rings. The zero-order valence-corrected chi connectivity index (χ0v) is 11.5. The molecule has 1 heterocycles. The van der Waals surface area contributed by atoms with E-state index in [1.54, 1.807) is 0 Å². The predicted molar refractivity (Wildman–Crippen MR) is 76.5 cm³/mol. The van der Waals surface area contributed by atoms with Crippen molar-refractivity contribution in [1.82, 2.24) is 5.32 Å². The van der Waals surface area contributed by atoms with E-state index in [0.717, 1.165) is 12.5 Å². The van der Waals surface area contributed by atoms with Crippen molar-refractivity contribution in [2.45, 2.75) is 51.0 Å². The van der Waals surface area contributed by atoms with Crippen molar-refractivity contribution >= 4 is 17.7 Å². The lowest BCUT2D eigenvalue weighted by Crippen LogP contribution is -2.41. The van der Waals surface area contributed by atoms with Gasteiger partial charge in [-0.15, -0.1) is 0 Å². The highest BCUT2D eigenvalue weighted by atomic mass is 32.2. The number of hydrogen-bond acceptors (Lipinski definition) is 2. The van der Waals surface area contributed by atoms with Crippen molar-refractivity contribution < 1.29 is 0 Å². The van der Waals surface area contributed by atoms with Gasteiger partial charge >= 0.3 is 0 Å². The summed E-state index contributed by atoms with van der Waals surface area (Å²) >= 11 is 2.06. The molecule has 1 saturated carbocycles. The van der Waals surface area contributed by atoms with Crippen molar-refractivity contribution in [2.24, 2.45) is 16.6 Å². The number of hydrogen-bond donors (Lipinski definition) is 2. The second-order valence-electron chi connectivity index (χ2n) is 5.29. The fourth-order valence-corrected chi connectivity index (χ4v) is 3.82. The summed E-state index contributed by atoms with van der Waals surface area (Å²) in [6.07, 6.45) is 9.25. The summed E-state index contributed by atoms with van der Waals surface area (Å²) in [7, 11) is 0. The predicted octanol–water partition coefficient (Wildman–Crippen LogP) is 2.37. The molecule has 3 N–H and O–H groups in total. The maximum Gasteiger partial charge on any atom is 0.188 e. The molecule has 2 fully saturated rings. The number of aliphatic imine (C=N–C) groups is 1. The highest BCUT2D eigenvalue weighted by molar-refractivity contribution is 7.99. The third-order valence-corrected chi connectivity index (χ3v) is 5.02. The zero-order chi connectivity index (χ0) is 11.9. The monoisotopic (exact) mass is 255 g/mol. The molecule has 1 aliphatic heterocycles. The average Bonchev–Trinajstić information content (AvgIpc) is 2.39. The molecule has 17 heavy (non-hydrogen) atoms. The van der Waals surface area contributed by atoms with Crippen LogP contribution in [0, 0.1) is 5.92 Å². The number of nitrogens with one attached hydrogen (secondary N) is 1. The molecular formula is C13H25N3S. The van der Waals surface area contributed by atoms with Gasteiger partial charge in [0.25, 0.3) is 0 Å². The molecule has 0 spiro atoms. The topological polar surface area (TPSA) is 50.4 Å². The lowest BCUT2D eigenvalue weighted by molar-refractivity contribution is 0.411. The van der Waals surface area contributed by atoms with Crippen molar-refractivity contribution in [3.8, 4) is 0 Å². The molecule has 0 radical (unpaired) electrons. The minimum absolute atomic E-state index is 0.577. The van der Waals surface area contributed by atoms with Crippen LogP contribution in [0.2, 0.25) is 0 Å². The van der Waals surface area contributed by atoms with Crippen LogP contribution in [-0.2, 0) is 0 Å². The van der Waals surface area contributed by atoms with Crippen LogP contribution in [0.3, 0.4) is 0 Å². The van der Waals surface area contributed by atoms with Gasteiger partial charge in [0.15, 0.2) is 5.96 Å². The normalized spacial score (nSPS) is 28.0. The van der Waals surface area contributed by atoms with Gasteiger partial charge in [0.2, 0.25) is 0 Å². The summed E-state index contributed by atoms with van der Waals surface area (Å²) in [4.78, 5) is 4.51. The quantitative estimate of drug-likeness (QED) is 0.601. The summed E-state index contributed by atoms with van der Waals surface area (Å²) in [6, 6.07) is 0.577. The van der Waals surface area contributed by atoms with Gasteiger partial charge in [-0.1, -0.05) is 19.3 Å². The van der Waals surface area contributed by atoms with Gasteiger partial charge in [-0.2, -0.15) is 11.8 Å². The molecule has 98 valence electrons. The molecule has 0 aromatic carbocycles. The lowest BCUT2D eigenvalue weighted by Gasteiger charge is -2.24. The van der Waals surface area contributed by atoms with Gasteiger partial charge < -0.3 is 11.1 Å². The van der Waals surface area contributed by atoms with Gasteiger partial charge in [-0.3, -0.25) is 4.99 Å². The fraction of sp³-hybridized carbons (Fsp3) is 0.923. The van der Waals surface area contributed by atoms with E-state index in [0.29, 0.717) is 12.0 Å². The van der Waals surface area contributed by atoms with E-state index in [4.69, 9.17) is 5.73 Å². The minimum atomic E-state index is 0.577. The van der Waals surface area contributed by atoms with Crippen molar-refractivity contribution in [1.29, 1.82) is 0 Å². The van der Waals surface area contributed by atoms with Crippen molar-refractivity contribution in [3.05, 3.63) is 0 Å². The van der Waals surface area contributed by atoms with E-state index < -0.39 is 0 Å². The standard InChI is InChI=1S/C13H25N3S/c14-13(16-12-6-2-1-3-7-12)15-9-11-5-4-8-17-10-11/h11-12H,1-10H2,(H3,14,15,16). The van der Waals surface area contributed by atoms with E-state index in [1.165, 1.54) is 56.5 Å². The SMILES string of the molecule is NC(=NCC1CCCSC1)NC1CCCCC1. The van der Waals surface area contributed by atoms with Gasteiger partial charge in [0.1, 0.15) is 0 Å². The summed E-state index contributed by atoms with van der Waals surface area (Å²) in [6.45, 7) is 0.915. The Hall–Kier alpha value is -0.380. The van der Waals surface area contributed by atoms with Crippen molar-refractivity contribution in [2.75, 3.05) is 18.1 Å². The molecule has 1 atom stereocenters. The number of guanidine groups is 1. The Kier molecular flexibility index (Phi) is 5.49. The first kappa shape index (κ1) is 13.1. The van der Waals surface area contributed by atoms with Crippen LogP contribution in [0.5, 0.6) is 0 Å². The maximum atomic E-state index is 5.95. The molecule has 2 rings (SSSR count). The second kappa shape index (κ2) is 7.14. The highest BCUT2D eigenvalue weighted by Crippen LogP contribution is 2.22. The summed E-state index contributed by atoms with van der Waals surface area (Å²) < 4.78 is 0. The molecule has 0 amide bonds. The van der Waals surface area contributed by atoms with E-state index in [2.05, 4.69) is 22.1 Å².